The van der Waals surface area contributed by atoms with Crippen LogP contribution in [-0.4, -0.2) is 49.1 Å². The third kappa shape index (κ3) is 5.59. The van der Waals surface area contributed by atoms with Crippen molar-refractivity contribution >= 4 is 11.9 Å². The van der Waals surface area contributed by atoms with E-state index in [0.29, 0.717) is 19.7 Å². The Morgan fingerprint density at radius 2 is 2.16 bits per heavy atom. The predicted molar refractivity (Wildman–Crippen MR) is 73.7 cm³/mol. The normalized spacial score (nSPS) is 21.7. The highest BCUT2D eigenvalue weighted by molar-refractivity contribution is 5.78. The zero-order chi connectivity index (χ0) is 14.3. The van der Waals surface area contributed by atoms with Crippen LogP contribution in [0.5, 0.6) is 0 Å². The number of hydrogen-bond donors (Lipinski definition) is 1. The highest BCUT2D eigenvalue weighted by Gasteiger charge is 2.27. The molecular weight excluding hydrogens is 244 g/mol. The lowest BCUT2D eigenvalue weighted by atomic mass is 9.98. The summed E-state index contributed by atoms with van der Waals surface area (Å²) in [4.78, 5) is 25.6. The molecule has 1 aliphatic rings. The molecule has 0 aliphatic carbocycles. The van der Waals surface area contributed by atoms with Crippen molar-refractivity contribution < 1.29 is 14.3 Å². The number of carbonyl (C=O) groups is 2. The van der Waals surface area contributed by atoms with Gasteiger partial charge in [-0.1, -0.05) is 6.92 Å². The van der Waals surface area contributed by atoms with Crippen LogP contribution in [-0.2, 0) is 14.3 Å². The average Bonchev–Trinajstić information content (AvgIpc) is 2.39. The Labute approximate surface area is 115 Å². The first-order chi connectivity index (χ1) is 9.06. The molecule has 110 valence electrons. The smallest absolute Gasteiger partial charge is 0.310 e. The second-order valence-electron chi connectivity index (χ2n) is 5.20. The Morgan fingerprint density at radius 1 is 1.42 bits per heavy atom. The van der Waals surface area contributed by atoms with Crippen molar-refractivity contribution in [3.05, 3.63) is 0 Å². The minimum absolute atomic E-state index is 0.0406. The van der Waals surface area contributed by atoms with Crippen molar-refractivity contribution in [2.75, 3.05) is 26.2 Å². The van der Waals surface area contributed by atoms with Crippen LogP contribution >= 0.6 is 0 Å². The van der Waals surface area contributed by atoms with E-state index in [0.717, 1.165) is 25.8 Å². The van der Waals surface area contributed by atoms with Gasteiger partial charge >= 0.3 is 5.97 Å². The summed E-state index contributed by atoms with van der Waals surface area (Å²) >= 11 is 0. The molecule has 1 N–H and O–H groups in total. The van der Waals surface area contributed by atoms with Gasteiger partial charge in [0.25, 0.3) is 0 Å². The number of hydrogen-bond acceptors (Lipinski definition) is 4. The van der Waals surface area contributed by atoms with Gasteiger partial charge in [0, 0.05) is 12.6 Å². The van der Waals surface area contributed by atoms with Crippen LogP contribution in [0.2, 0.25) is 0 Å². The minimum atomic E-state index is -0.130. The van der Waals surface area contributed by atoms with Crippen LogP contribution in [0, 0.1) is 5.92 Å². The van der Waals surface area contributed by atoms with E-state index >= 15 is 0 Å². The van der Waals surface area contributed by atoms with Crippen molar-refractivity contribution in [3.63, 3.8) is 0 Å². The van der Waals surface area contributed by atoms with E-state index in [1.54, 1.807) is 0 Å². The van der Waals surface area contributed by atoms with Crippen LogP contribution in [0.1, 0.15) is 40.0 Å². The van der Waals surface area contributed by atoms with Gasteiger partial charge in [0.05, 0.1) is 19.1 Å². The van der Waals surface area contributed by atoms with E-state index in [2.05, 4.69) is 5.32 Å². The second kappa shape index (κ2) is 8.15. The Morgan fingerprint density at radius 3 is 2.79 bits per heavy atom. The minimum Gasteiger partial charge on any atom is -0.466 e. The molecule has 0 aromatic carbocycles. The maximum Gasteiger partial charge on any atom is 0.310 e. The maximum absolute atomic E-state index is 11.8. The summed E-state index contributed by atoms with van der Waals surface area (Å²) in [6, 6.07) is 0.207. The molecule has 1 rings (SSSR count). The largest absolute Gasteiger partial charge is 0.466 e. The third-order valence-electron chi connectivity index (χ3n) is 3.51. The Hall–Kier alpha value is -1.10. The van der Waals surface area contributed by atoms with Gasteiger partial charge in [0.1, 0.15) is 0 Å². The molecule has 1 saturated heterocycles. The van der Waals surface area contributed by atoms with Crippen LogP contribution in [0.15, 0.2) is 0 Å². The quantitative estimate of drug-likeness (QED) is 0.736. The van der Waals surface area contributed by atoms with Crippen LogP contribution in [0.3, 0.4) is 0 Å². The van der Waals surface area contributed by atoms with Crippen molar-refractivity contribution in [1.29, 1.82) is 0 Å². The maximum atomic E-state index is 11.8. The molecule has 5 nitrogen and oxygen atoms in total. The van der Waals surface area contributed by atoms with Gasteiger partial charge in [-0.15, -0.1) is 0 Å². The Balaban J connectivity index is 2.38. The first-order valence-electron chi connectivity index (χ1n) is 7.25. The van der Waals surface area contributed by atoms with E-state index < -0.39 is 0 Å². The first-order valence-corrected chi connectivity index (χ1v) is 7.25. The lowest BCUT2D eigenvalue weighted by Crippen LogP contribution is -2.46. The molecule has 5 heteroatoms. The van der Waals surface area contributed by atoms with Gasteiger partial charge < -0.3 is 10.1 Å². The van der Waals surface area contributed by atoms with Crippen LogP contribution < -0.4 is 5.32 Å². The van der Waals surface area contributed by atoms with Crippen molar-refractivity contribution in [3.8, 4) is 0 Å². The van der Waals surface area contributed by atoms with Crippen molar-refractivity contribution in [2.45, 2.75) is 46.1 Å². The van der Waals surface area contributed by atoms with Gasteiger partial charge in [0.15, 0.2) is 0 Å². The van der Waals surface area contributed by atoms with Crippen molar-refractivity contribution in [1.82, 2.24) is 10.2 Å². The summed E-state index contributed by atoms with van der Waals surface area (Å²) in [6.07, 6.45) is 2.74. The summed E-state index contributed by atoms with van der Waals surface area (Å²) in [6.45, 7) is 8.16. The number of likely N-dealkylation sites (tertiary alicyclic amines) is 1. The lowest BCUT2D eigenvalue weighted by Gasteiger charge is -2.31. The number of nitrogens with zero attached hydrogens (tertiary/aromatic N) is 1. The number of rotatable bonds is 6. The average molecular weight is 270 g/mol. The van der Waals surface area contributed by atoms with Gasteiger partial charge in [0.2, 0.25) is 5.91 Å². The zero-order valence-corrected chi connectivity index (χ0v) is 12.3. The molecule has 0 saturated carbocycles. The summed E-state index contributed by atoms with van der Waals surface area (Å²) < 4.78 is 5.05. The Bertz CT molecular complexity index is 307. The van der Waals surface area contributed by atoms with E-state index in [9.17, 15) is 9.59 Å². The number of nitrogens with one attached hydrogen (secondary N) is 1. The van der Waals surface area contributed by atoms with Gasteiger partial charge in [-0.25, -0.2) is 0 Å². The van der Waals surface area contributed by atoms with Crippen LogP contribution in [0.25, 0.3) is 0 Å². The summed E-state index contributed by atoms with van der Waals surface area (Å²) in [5, 5.41) is 2.95. The molecule has 0 aromatic rings. The fraction of sp³-hybridized carbons (Fsp3) is 0.857. The van der Waals surface area contributed by atoms with Crippen molar-refractivity contribution in [2.24, 2.45) is 5.92 Å². The van der Waals surface area contributed by atoms with E-state index in [1.807, 2.05) is 25.7 Å². The number of carbonyl (C=O) groups excluding carboxylic acids is 2. The monoisotopic (exact) mass is 270 g/mol. The fourth-order valence-electron chi connectivity index (χ4n) is 2.28. The molecule has 1 amide bonds. The number of ether oxygens (including phenoxy) is 1. The standard InChI is InChI=1S/C14H26N2O3/c1-4-11(3)15-13(17)10-16-8-6-7-12(9-16)14(18)19-5-2/h11-12H,4-10H2,1-3H3,(H,15,17)/t11?,12-/m1/s1. The third-order valence-corrected chi connectivity index (χ3v) is 3.51. The topological polar surface area (TPSA) is 58.6 Å². The highest BCUT2D eigenvalue weighted by atomic mass is 16.5. The molecule has 1 fully saturated rings. The molecule has 0 bridgehead atoms. The molecule has 0 aromatic heterocycles. The molecule has 0 spiro atoms. The zero-order valence-electron chi connectivity index (χ0n) is 12.3. The van der Waals surface area contributed by atoms with E-state index in [-0.39, 0.29) is 23.8 Å². The molecule has 1 aliphatic heterocycles. The Kier molecular flexibility index (Phi) is 6.84. The van der Waals surface area contributed by atoms with Gasteiger partial charge in [-0.2, -0.15) is 0 Å². The fourth-order valence-corrected chi connectivity index (χ4v) is 2.28. The van der Waals surface area contributed by atoms with E-state index in [1.165, 1.54) is 0 Å². The molecule has 0 radical (unpaired) electrons. The highest BCUT2D eigenvalue weighted by Crippen LogP contribution is 2.17. The molecule has 1 unspecified atom stereocenters. The molecule has 2 atom stereocenters. The van der Waals surface area contributed by atoms with E-state index in [4.69, 9.17) is 4.74 Å². The second-order valence-corrected chi connectivity index (χ2v) is 5.20. The number of esters is 1. The number of amides is 1. The summed E-state index contributed by atoms with van der Waals surface area (Å²) in [7, 11) is 0. The van der Waals surface area contributed by atoms with Gasteiger partial charge in [-0.3, -0.25) is 14.5 Å². The summed E-state index contributed by atoms with van der Waals surface area (Å²) in [5.41, 5.74) is 0. The molecular formula is C14H26N2O3. The molecule has 19 heavy (non-hydrogen) atoms. The first kappa shape index (κ1) is 16.0. The number of piperidine rings is 1. The summed E-state index contributed by atoms with van der Waals surface area (Å²) in [5.74, 6) is -0.168. The SMILES string of the molecule is CCOC(=O)[C@@H]1CCCN(CC(=O)NC(C)CC)C1. The lowest BCUT2D eigenvalue weighted by molar-refractivity contribution is -0.150. The van der Waals surface area contributed by atoms with Gasteiger partial charge in [-0.05, 0) is 39.7 Å². The molecule has 1 heterocycles. The van der Waals surface area contributed by atoms with Crippen LogP contribution in [0.4, 0.5) is 0 Å². The predicted octanol–water partition coefficient (Wildman–Crippen LogP) is 1.18.